The van der Waals surface area contributed by atoms with Crippen LogP contribution >= 0.6 is 0 Å². The zero-order valence-corrected chi connectivity index (χ0v) is 35.3. The largest absolute Gasteiger partial charge is 0.481 e. The average Bonchev–Trinajstić information content (AvgIpc) is 3.52. The Bertz CT molecular complexity index is 1470. The summed E-state index contributed by atoms with van der Waals surface area (Å²) in [7, 11) is 0. The molecule has 7 aliphatic carbocycles. The van der Waals surface area contributed by atoms with Crippen molar-refractivity contribution in [1.29, 1.82) is 0 Å². The minimum Gasteiger partial charge on any atom is -0.481 e. The predicted molar refractivity (Wildman–Crippen MR) is 211 cm³/mol. The van der Waals surface area contributed by atoms with Gasteiger partial charge in [-0.3, -0.25) is 19.2 Å². The lowest BCUT2D eigenvalue weighted by Crippen LogP contribution is -2.66. The molecule has 0 radical (unpaired) electrons. The van der Waals surface area contributed by atoms with E-state index >= 15 is 0 Å². The second-order valence-corrected chi connectivity index (χ2v) is 22.4. The molecule has 11 atom stereocenters. The van der Waals surface area contributed by atoms with Crippen LogP contribution in [0.5, 0.6) is 0 Å². The number of hydrogen-bond acceptors (Lipinski definition) is 5. The number of rotatable bonds is 8. The highest BCUT2D eigenvalue weighted by molar-refractivity contribution is 5.87. The number of carbonyl (C=O) groups is 4. The van der Waals surface area contributed by atoms with Crippen LogP contribution in [0.3, 0.4) is 0 Å². The molecule has 0 aliphatic heterocycles. The normalized spacial score (nSPS) is 43.0. The van der Waals surface area contributed by atoms with E-state index in [4.69, 9.17) is 4.74 Å². The topological polar surface area (TPSA) is 110 Å². The second-order valence-electron chi connectivity index (χ2n) is 22.4. The quantitative estimate of drug-likeness (QED) is 0.239. The van der Waals surface area contributed by atoms with Crippen molar-refractivity contribution in [3.8, 4) is 0 Å². The summed E-state index contributed by atoms with van der Waals surface area (Å²) in [5.41, 5.74) is -1.35. The SMILES string of the molecule is CC(C)(CC(=O)OC1CCC2C(CCC3(C)C2CCC2C4CCCC4(C(=O)NC4CC(C(=O)C5CCCCCCC5)C4(C)C)CCC23C)C1(C)C)C(=O)O. The van der Waals surface area contributed by atoms with Crippen LogP contribution < -0.4 is 5.32 Å². The van der Waals surface area contributed by atoms with Crippen LogP contribution in [-0.2, 0) is 23.9 Å². The Balaban J connectivity index is 1.02. The Labute approximate surface area is 327 Å². The molecule has 7 nitrogen and oxygen atoms in total. The molecule has 0 aromatic rings. The van der Waals surface area contributed by atoms with Crippen LogP contribution in [0, 0.1) is 73.9 Å². The Hall–Kier alpha value is -1.92. The monoisotopic (exact) mass is 750 g/mol. The van der Waals surface area contributed by atoms with Gasteiger partial charge in [0.05, 0.1) is 17.3 Å². The fourth-order valence-electron chi connectivity index (χ4n) is 15.0. The highest BCUT2D eigenvalue weighted by Gasteiger charge is 2.69. The fraction of sp³-hybridized carbons (Fsp3) is 0.915. The fourth-order valence-corrected chi connectivity index (χ4v) is 15.0. The zero-order chi connectivity index (χ0) is 39.1. The lowest BCUT2D eigenvalue weighted by Gasteiger charge is -2.70. The molecule has 0 aromatic carbocycles. The molecule has 0 heterocycles. The summed E-state index contributed by atoms with van der Waals surface area (Å²) in [6.45, 7) is 17.5. The van der Waals surface area contributed by atoms with Crippen LogP contribution in [0.1, 0.15) is 184 Å². The molecule has 7 heteroatoms. The Kier molecular flexibility index (Phi) is 10.6. The molecule has 54 heavy (non-hydrogen) atoms. The summed E-state index contributed by atoms with van der Waals surface area (Å²) in [5.74, 6) is 2.40. The first kappa shape index (κ1) is 40.3. The van der Waals surface area contributed by atoms with E-state index in [1.165, 1.54) is 51.4 Å². The molecule has 2 N–H and O–H groups in total. The van der Waals surface area contributed by atoms with Crippen LogP contribution in [0.25, 0.3) is 0 Å². The average molecular weight is 750 g/mol. The molecular formula is C47H75NO6. The number of hydrogen-bond donors (Lipinski definition) is 2. The molecule has 7 saturated carbocycles. The molecule has 7 fully saturated rings. The first-order valence-electron chi connectivity index (χ1n) is 22.6. The van der Waals surface area contributed by atoms with Gasteiger partial charge in [-0.25, -0.2) is 0 Å². The van der Waals surface area contributed by atoms with Gasteiger partial charge in [0, 0.05) is 23.3 Å². The Morgan fingerprint density at radius 1 is 0.667 bits per heavy atom. The third-order valence-electron chi connectivity index (χ3n) is 19.0. The first-order valence-corrected chi connectivity index (χ1v) is 22.6. The summed E-state index contributed by atoms with van der Waals surface area (Å²) in [5, 5.41) is 13.2. The number of ketones is 1. The zero-order valence-electron chi connectivity index (χ0n) is 35.3. The number of esters is 1. The Morgan fingerprint density at radius 2 is 1.31 bits per heavy atom. The van der Waals surface area contributed by atoms with Crippen molar-refractivity contribution in [2.24, 2.45) is 73.9 Å². The van der Waals surface area contributed by atoms with Crippen molar-refractivity contribution < 1.29 is 29.0 Å². The summed E-state index contributed by atoms with van der Waals surface area (Å²) >= 11 is 0. The van der Waals surface area contributed by atoms with E-state index in [1.54, 1.807) is 13.8 Å². The molecule has 7 rings (SSSR count). The molecule has 0 aromatic heterocycles. The van der Waals surface area contributed by atoms with Gasteiger partial charge in [0.25, 0.3) is 0 Å². The molecule has 11 unspecified atom stereocenters. The minimum absolute atomic E-state index is 0.0697. The minimum atomic E-state index is -1.14. The molecular weight excluding hydrogens is 675 g/mol. The maximum atomic E-state index is 14.7. The van der Waals surface area contributed by atoms with Gasteiger partial charge in [-0.05, 0) is 143 Å². The van der Waals surface area contributed by atoms with Crippen LogP contribution in [-0.4, -0.2) is 40.9 Å². The number of nitrogens with one attached hydrogen (secondary N) is 1. The Morgan fingerprint density at radius 3 is 1.98 bits per heavy atom. The van der Waals surface area contributed by atoms with Gasteiger partial charge in [-0.2, -0.15) is 0 Å². The number of amides is 1. The lowest BCUT2D eigenvalue weighted by molar-refractivity contribution is -0.220. The van der Waals surface area contributed by atoms with E-state index in [2.05, 4.69) is 46.9 Å². The van der Waals surface area contributed by atoms with Gasteiger partial charge in [-0.15, -0.1) is 0 Å². The van der Waals surface area contributed by atoms with Crippen LogP contribution in [0.2, 0.25) is 0 Å². The summed E-state index contributed by atoms with van der Waals surface area (Å²) in [4.78, 5) is 53.3. The number of carbonyl (C=O) groups excluding carboxylic acids is 3. The molecule has 7 aliphatic rings. The van der Waals surface area contributed by atoms with Gasteiger partial charge in [0.1, 0.15) is 11.9 Å². The van der Waals surface area contributed by atoms with Crippen molar-refractivity contribution >= 4 is 23.6 Å². The molecule has 304 valence electrons. The highest BCUT2D eigenvalue weighted by atomic mass is 16.5. The van der Waals surface area contributed by atoms with E-state index in [9.17, 15) is 24.3 Å². The third kappa shape index (κ3) is 6.33. The van der Waals surface area contributed by atoms with Crippen molar-refractivity contribution in [2.45, 2.75) is 196 Å². The summed E-state index contributed by atoms with van der Waals surface area (Å²) in [6.07, 6.45) is 20.9. The number of ether oxygens (including phenoxy) is 1. The maximum absolute atomic E-state index is 14.7. The molecule has 0 spiro atoms. The smallest absolute Gasteiger partial charge is 0.309 e. The van der Waals surface area contributed by atoms with E-state index in [1.807, 2.05) is 0 Å². The number of carboxylic acids is 1. The van der Waals surface area contributed by atoms with Crippen molar-refractivity contribution in [3.05, 3.63) is 0 Å². The standard InChI is InChI=1S/C47H75NO6/c1-42(2,41(52)53)28-38(49)54-37-21-18-30-31(44(37,5)6)22-24-45(7)32(30)19-20-33-34-17-14-23-47(34,26-25-46(33,45)8)40(51)48-36-27-35(43(36,3)4)39(50)29-15-12-10-9-11-13-16-29/h29-37H,9-28H2,1-8H3,(H,48,51)(H,52,53). The van der Waals surface area contributed by atoms with Gasteiger partial charge < -0.3 is 15.2 Å². The van der Waals surface area contributed by atoms with Crippen molar-refractivity contribution in [1.82, 2.24) is 5.32 Å². The van der Waals surface area contributed by atoms with E-state index in [-0.39, 0.29) is 57.5 Å². The highest BCUT2D eigenvalue weighted by Crippen LogP contribution is 2.74. The van der Waals surface area contributed by atoms with E-state index in [0.717, 1.165) is 70.6 Å². The lowest BCUT2D eigenvalue weighted by atomic mass is 9.35. The first-order chi connectivity index (χ1) is 25.3. The van der Waals surface area contributed by atoms with Gasteiger partial charge in [-0.1, -0.05) is 80.1 Å². The third-order valence-corrected chi connectivity index (χ3v) is 19.0. The number of Topliss-reactive ketones (excluding diaryl/α,β-unsaturated/α-hetero) is 1. The number of aliphatic carboxylic acids is 1. The van der Waals surface area contributed by atoms with Gasteiger partial charge >= 0.3 is 11.9 Å². The van der Waals surface area contributed by atoms with Gasteiger partial charge in [0.2, 0.25) is 5.91 Å². The predicted octanol–water partition coefficient (Wildman–Crippen LogP) is 10.3. The maximum Gasteiger partial charge on any atom is 0.309 e. The van der Waals surface area contributed by atoms with Gasteiger partial charge in [0.15, 0.2) is 0 Å². The molecule has 0 saturated heterocycles. The number of carboxylic acid groups (broad SMARTS) is 1. The second kappa shape index (κ2) is 14.2. The van der Waals surface area contributed by atoms with Crippen molar-refractivity contribution in [3.63, 3.8) is 0 Å². The van der Waals surface area contributed by atoms with Crippen LogP contribution in [0.15, 0.2) is 0 Å². The molecule has 0 bridgehead atoms. The van der Waals surface area contributed by atoms with Crippen LogP contribution in [0.4, 0.5) is 0 Å². The van der Waals surface area contributed by atoms with E-state index in [0.29, 0.717) is 41.3 Å². The summed E-state index contributed by atoms with van der Waals surface area (Å²) in [6, 6.07) is 0.0846. The van der Waals surface area contributed by atoms with Crippen molar-refractivity contribution in [2.75, 3.05) is 0 Å². The summed E-state index contributed by atoms with van der Waals surface area (Å²) < 4.78 is 6.14. The number of fused-ring (bicyclic) bond motifs is 7. The molecule has 1 amide bonds. The van der Waals surface area contributed by atoms with E-state index < -0.39 is 17.4 Å².